The average Bonchev–Trinajstić information content (AvgIpc) is 2.55. The molecule has 5 nitrogen and oxygen atoms in total. The van der Waals surface area contributed by atoms with E-state index in [9.17, 15) is 4.79 Å². The van der Waals surface area contributed by atoms with Gasteiger partial charge in [-0.3, -0.25) is 4.79 Å². The van der Waals surface area contributed by atoms with Crippen molar-refractivity contribution in [3.8, 4) is 0 Å². The number of nitrogens with zero attached hydrogens (tertiary/aromatic N) is 3. The SMILES string of the molecule is Cc1ccc(C2C(N)CC(=O)N2C(C)C)nn1. The topological polar surface area (TPSA) is 72.1 Å². The van der Waals surface area contributed by atoms with Crippen LogP contribution in [0.3, 0.4) is 0 Å². The molecular weight excluding hydrogens is 216 g/mol. The van der Waals surface area contributed by atoms with Gasteiger partial charge in [-0.05, 0) is 32.9 Å². The molecule has 0 spiro atoms. The van der Waals surface area contributed by atoms with Gasteiger partial charge in [0.1, 0.15) is 0 Å². The molecule has 2 rings (SSSR count). The van der Waals surface area contributed by atoms with Crippen molar-refractivity contribution < 1.29 is 4.79 Å². The van der Waals surface area contributed by atoms with Gasteiger partial charge in [0.2, 0.25) is 5.91 Å². The van der Waals surface area contributed by atoms with Crippen LogP contribution in [0.1, 0.15) is 37.7 Å². The van der Waals surface area contributed by atoms with E-state index in [1.807, 2.05) is 37.8 Å². The number of aromatic nitrogens is 2. The van der Waals surface area contributed by atoms with Crippen LogP contribution in [-0.2, 0) is 4.79 Å². The molecule has 5 heteroatoms. The number of hydrogen-bond acceptors (Lipinski definition) is 4. The van der Waals surface area contributed by atoms with E-state index in [0.29, 0.717) is 6.42 Å². The Bertz CT molecular complexity index is 415. The van der Waals surface area contributed by atoms with Crippen molar-refractivity contribution in [2.24, 2.45) is 5.73 Å². The number of carbonyl (C=O) groups is 1. The zero-order valence-electron chi connectivity index (χ0n) is 10.4. The molecule has 0 bridgehead atoms. The zero-order valence-corrected chi connectivity index (χ0v) is 10.4. The van der Waals surface area contributed by atoms with E-state index in [0.717, 1.165) is 11.4 Å². The molecule has 1 aliphatic heterocycles. The molecule has 1 aromatic rings. The maximum atomic E-state index is 11.9. The van der Waals surface area contributed by atoms with Crippen LogP contribution in [0.4, 0.5) is 0 Å². The van der Waals surface area contributed by atoms with Crippen LogP contribution in [-0.4, -0.2) is 33.1 Å². The number of rotatable bonds is 2. The molecule has 1 saturated heterocycles. The minimum absolute atomic E-state index is 0.0971. The molecule has 0 aromatic carbocycles. The van der Waals surface area contributed by atoms with E-state index in [1.165, 1.54) is 0 Å². The van der Waals surface area contributed by atoms with Gasteiger partial charge in [-0.2, -0.15) is 10.2 Å². The highest BCUT2D eigenvalue weighted by atomic mass is 16.2. The molecule has 2 N–H and O–H groups in total. The van der Waals surface area contributed by atoms with Gasteiger partial charge < -0.3 is 10.6 Å². The molecule has 2 atom stereocenters. The Labute approximate surface area is 101 Å². The van der Waals surface area contributed by atoms with Crippen molar-refractivity contribution in [1.29, 1.82) is 0 Å². The molecule has 92 valence electrons. The summed E-state index contributed by atoms with van der Waals surface area (Å²) in [6.07, 6.45) is 0.387. The maximum Gasteiger partial charge on any atom is 0.225 e. The summed E-state index contributed by atoms with van der Waals surface area (Å²) in [7, 11) is 0. The lowest BCUT2D eigenvalue weighted by molar-refractivity contribution is -0.130. The van der Waals surface area contributed by atoms with Gasteiger partial charge >= 0.3 is 0 Å². The summed E-state index contributed by atoms with van der Waals surface area (Å²) >= 11 is 0. The van der Waals surface area contributed by atoms with Crippen LogP contribution in [0.5, 0.6) is 0 Å². The van der Waals surface area contributed by atoms with Gasteiger partial charge in [-0.25, -0.2) is 0 Å². The van der Waals surface area contributed by atoms with Crippen molar-refractivity contribution in [1.82, 2.24) is 15.1 Å². The quantitative estimate of drug-likeness (QED) is 0.821. The summed E-state index contributed by atoms with van der Waals surface area (Å²) in [5.41, 5.74) is 7.68. The van der Waals surface area contributed by atoms with Crippen LogP contribution in [0.15, 0.2) is 12.1 Å². The Balaban J connectivity index is 2.34. The Kier molecular flexibility index (Phi) is 3.11. The average molecular weight is 234 g/mol. The van der Waals surface area contributed by atoms with Gasteiger partial charge in [-0.1, -0.05) is 0 Å². The van der Waals surface area contributed by atoms with Crippen molar-refractivity contribution in [3.63, 3.8) is 0 Å². The van der Waals surface area contributed by atoms with Crippen LogP contribution in [0.25, 0.3) is 0 Å². The fraction of sp³-hybridized carbons (Fsp3) is 0.583. The highest BCUT2D eigenvalue weighted by Gasteiger charge is 2.40. The summed E-state index contributed by atoms with van der Waals surface area (Å²) < 4.78 is 0. The second-order valence-electron chi connectivity index (χ2n) is 4.81. The van der Waals surface area contributed by atoms with Gasteiger partial charge in [0.25, 0.3) is 0 Å². The smallest absolute Gasteiger partial charge is 0.225 e. The highest BCUT2D eigenvalue weighted by molar-refractivity contribution is 5.80. The van der Waals surface area contributed by atoms with Crippen molar-refractivity contribution in [3.05, 3.63) is 23.5 Å². The predicted octanol–water partition coefficient (Wildman–Crippen LogP) is 0.794. The first kappa shape index (κ1) is 12.0. The van der Waals surface area contributed by atoms with Crippen LogP contribution in [0.2, 0.25) is 0 Å². The van der Waals surface area contributed by atoms with Crippen LogP contribution in [0, 0.1) is 6.92 Å². The summed E-state index contributed by atoms with van der Waals surface area (Å²) in [6.45, 7) is 5.87. The van der Waals surface area contributed by atoms with E-state index in [1.54, 1.807) is 0 Å². The van der Waals surface area contributed by atoms with E-state index in [-0.39, 0.29) is 24.0 Å². The molecule has 0 radical (unpaired) electrons. The Morgan fingerprint density at radius 3 is 2.65 bits per heavy atom. The number of amides is 1. The fourth-order valence-electron chi connectivity index (χ4n) is 2.32. The van der Waals surface area contributed by atoms with Crippen molar-refractivity contribution in [2.45, 2.75) is 45.3 Å². The van der Waals surface area contributed by atoms with Crippen LogP contribution < -0.4 is 5.73 Å². The van der Waals surface area contributed by atoms with Crippen LogP contribution >= 0.6 is 0 Å². The zero-order chi connectivity index (χ0) is 12.6. The standard InChI is InChI=1S/C12H18N4O/c1-7(2)16-11(17)6-9(13)12(16)10-5-4-8(3)14-15-10/h4-5,7,9,12H,6,13H2,1-3H3. The summed E-state index contributed by atoms with van der Waals surface area (Å²) in [6, 6.07) is 3.60. The summed E-state index contributed by atoms with van der Waals surface area (Å²) in [5.74, 6) is 0.0971. The van der Waals surface area contributed by atoms with E-state index in [2.05, 4.69) is 10.2 Å². The second-order valence-corrected chi connectivity index (χ2v) is 4.81. The predicted molar refractivity (Wildman–Crippen MR) is 64.1 cm³/mol. The van der Waals surface area contributed by atoms with Gasteiger partial charge in [0.15, 0.2) is 0 Å². The van der Waals surface area contributed by atoms with Gasteiger partial charge in [0.05, 0.1) is 17.4 Å². The second kappa shape index (κ2) is 4.41. The van der Waals surface area contributed by atoms with E-state index >= 15 is 0 Å². The molecule has 17 heavy (non-hydrogen) atoms. The van der Waals surface area contributed by atoms with Gasteiger partial charge in [0, 0.05) is 18.5 Å². The fourth-order valence-corrected chi connectivity index (χ4v) is 2.32. The molecule has 1 aliphatic rings. The third-order valence-electron chi connectivity index (χ3n) is 3.08. The largest absolute Gasteiger partial charge is 0.330 e. The number of hydrogen-bond donors (Lipinski definition) is 1. The van der Waals surface area contributed by atoms with E-state index < -0.39 is 0 Å². The number of likely N-dealkylation sites (tertiary alicyclic amines) is 1. The Morgan fingerprint density at radius 1 is 1.41 bits per heavy atom. The first-order chi connectivity index (χ1) is 8.00. The molecule has 1 aromatic heterocycles. The summed E-state index contributed by atoms with van der Waals surface area (Å²) in [4.78, 5) is 13.7. The molecule has 0 saturated carbocycles. The minimum Gasteiger partial charge on any atom is -0.330 e. The minimum atomic E-state index is -0.193. The molecule has 1 amide bonds. The normalized spacial score (nSPS) is 24.8. The molecule has 2 heterocycles. The van der Waals surface area contributed by atoms with Crippen molar-refractivity contribution >= 4 is 5.91 Å². The lowest BCUT2D eigenvalue weighted by atomic mass is 10.1. The summed E-state index contributed by atoms with van der Waals surface area (Å²) in [5, 5.41) is 8.19. The lowest BCUT2D eigenvalue weighted by Gasteiger charge is -2.29. The van der Waals surface area contributed by atoms with Gasteiger partial charge in [-0.15, -0.1) is 0 Å². The monoisotopic (exact) mass is 234 g/mol. The third kappa shape index (κ3) is 2.15. The van der Waals surface area contributed by atoms with E-state index in [4.69, 9.17) is 5.73 Å². The molecule has 0 aliphatic carbocycles. The highest BCUT2D eigenvalue weighted by Crippen LogP contribution is 2.32. The number of nitrogens with two attached hydrogens (primary N) is 1. The Morgan fingerprint density at radius 2 is 2.12 bits per heavy atom. The maximum absolute atomic E-state index is 11.9. The lowest BCUT2D eigenvalue weighted by Crippen LogP contribution is -2.38. The first-order valence-electron chi connectivity index (χ1n) is 5.87. The Hall–Kier alpha value is -1.49. The molecule has 2 unspecified atom stereocenters. The first-order valence-corrected chi connectivity index (χ1v) is 5.87. The molecular formula is C12H18N4O. The number of carbonyl (C=O) groups excluding carboxylic acids is 1. The number of aryl methyl sites for hydroxylation is 1. The third-order valence-corrected chi connectivity index (χ3v) is 3.08. The van der Waals surface area contributed by atoms with Crippen molar-refractivity contribution in [2.75, 3.05) is 0 Å². The molecule has 1 fully saturated rings.